The highest BCUT2D eigenvalue weighted by molar-refractivity contribution is 7.16. The fraction of sp³-hybridized carbons (Fsp3) is 0.231. The summed E-state index contributed by atoms with van der Waals surface area (Å²) >= 11 is 1.60. The van der Waals surface area contributed by atoms with Crippen molar-refractivity contribution in [2.45, 2.75) is 39.4 Å². The minimum absolute atomic E-state index is 0.147. The molecule has 1 aliphatic heterocycles. The summed E-state index contributed by atoms with van der Waals surface area (Å²) in [6.07, 6.45) is 0. The maximum Gasteiger partial charge on any atom is 0.275 e. The van der Waals surface area contributed by atoms with E-state index < -0.39 is 5.54 Å². The first kappa shape index (κ1) is 20.5. The zero-order valence-electron chi connectivity index (χ0n) is 18.4. The van der Waals surface area contributed by atoms with E-state index in [0.717, 1.165) is 32.6 Å². The van der Waals surface area contributed by atoms with Crippen LogP contribution in [0.15, 0.2) is 66.0 Å². The van der Waals surface area contributed by atoms with Gasteiger partial charge in [0.15, 0.2) is 0 Å². The fourth-order valence-electron chi connectivity index (χ4n) is 4.52. The van der Waals surface area contributed by atoms with Crippen LogP contribution < -0.4 is 10.2 Å². The van der Waals surface area contributed by atoms with E-state index >= 15 is 0 Å². The van der Waals surface area contributed by atoms with Gasteiger partial charge < -0.3 is 9.88 Å². The van der Waals surface area contributed by atoms with Crippen LogP contribution in [0.25, 0.3) is 10.2 Å². The van der Waals surface area contributed by atoms with E-state index in [0.29, 0.717) is 18.8 Å². The van der Waals surface area contributed by atoms with Crippen LogP contribution in [-0.2, 0) is 17.9 Å². The fourth-order valence-corrected chi connectivity index (χ4v) is 5.42. The van der Waals surface area contributed by atoms with Gasteiger partial charge in [-0.1, -0.05) is 42.5 Å². The minimum atomic E-state index is -1.08. The van der Waals surface area contributed by atoms with Crippen molar-refractivity contribution in [1.29, 1.82) is 0 Å². The molecule has 1 N–H and O–H groups in total. The second kappa shape index (κ2) is 7.64. The highest BCUT2D eigenvalue weighted by atomic mass is 32.1. The Morgan fingerprint density at radius 2 is 1.88 bits per heavy atom. The number of carbonyl (C=O) groups is 2. The smallest absolute Gasteiger partial charge is 0.275 e. The van der Waals surface area contributed by atoms with Crippen LogP contribution in [-0.4, -0.2) is 21.9 Å². The Bertz CT molecular complexity index is 1340. The molecule has 32 heavy (non-hydrogen) atoms. The Morgan fingerprint density at radius 1 is 1.09 bits per heavy atom. The average Bonchev–Trinajstić information content (AvgIpc) is 3.38. The number of hydrogen-bond donors (Lipinski definition) is 1. The zero-order chi connectivity index (χ0) is 22.5. The molecule has 5 nitrogen and oxygen atoms in total. The van der Waals surface area contributed by atoms with Gasteiger partial charge in [0.1, 0.15) is 16.1 Å². The van der Waals surface area contributed by atoms with Gasteiger partial charge in [-0.2, -0.15) is 0 Å². The molecular formula is C26H25N3O2S. The second-order valence-electron chi connectivity index (χ2n) is 8.60. The highest BCUT2D eigenvalue weighted by Gasteiger charge is 2.49. The van der Waals surface area contributed by atoms with Crippen molar-refractivity contribution < 1.29 is 9.59 Å². The molecule has 0 aliphatic carbocycles. The van der Waals surface area contributed by atoms with E-state index in [9.17, 15) is 9.59 Å². The third-order valence-corrected chi connectivity index (χ3v) is 7.44. The van der Waals surface area contributed by atoms with E-state index in [1.165, 1.54) is 0 Å². The zero-order valence-corrected chi connectivity index (χ0v) is 19.2. The van der Waals surface area contributed by atoms with E-state index in [1.54, 1.807) is 16.2 Å². The number of thiophene rings is 1. The van der Waals surface area contributed by atoms with Gasteiger partial charge >= 0.3 is 0 Å². The Balaban J connectivity index is 1.61. The predicted octanol–water partition coefficient (Wildman–Crippen LogP) is 5.06. The quantitative estimate of drug-likeness (QED) is 0.480. The van der Waals surface area contributed by atoms with Gasteiger partial charge in [-0.05, 0) is 61.0 Å². The molecule has 4 aromatic rings. The standard InChI is InChI=1S/C26H25N3O2S/c1-17-8-7-11-21(18(17)2)29-23(30)22-14-20-12-13-32-24(20)28(22)16-26(29,3)25(31)27-15-19-9-5-4-6-10-19/h4-14H,15-16H2,1-3H3,(H,27,31)/t26-/m1/s1. The molecule has 0 spiro atoms. The summed E-state index contributed by atoms with van der Waals surface area (Å²) < 4.78 is 2.01. The van der Waals surface area contributed by atoms with Crippen LogP contribution in [0, 0.1) is 13.8 Å². The molecule has 2 amide bonds. The molecule has 1 atom stereocenters. The molecule has 6 heteroatoms. The first-order valence-corrected chi connectivity index (χ1v) is 11.6. The van der Waals surface area contributed by atoms with Crippen molar-refractivity contribution in [3.63, 3.8) is 0 Å². The Kier molecular flexibility index (Phi) is 4.90. The molecule has 0 saturated carbocycles. The summed E-state index contributed by atoms with van der Waals surface area (Å²) in [5.41, 5.74) is 3.44. The van der Waals surface area contributed by atoms with Crippen LogP contribution >= 0.6 is 11.3 Å². The molecule has 0 bridgehead atoms. The summed E-state index contributed by atoms with van der Waals surface area (Å²) in [6, 6.07) is 19.7. The third kappa shape index (κ3) is 3.14. The number of anilines is 1. The summed E-state index contributed by atoms with van der Waals surface area (Å²) in [5.74, 6) is -0.314. The van der Waals surface area contributed by atoms with Gasteiger partial charge in [0.05, 0.1) is 6.54 Å². The first-order chi connectivity index (χ1) is 15.4. The molecule has 0 fully saturated rings. The van der Waals surface area contributed by atoms with Crippen molar-refractivity contribution in [1.82, 2.24) is 9.88 Å². The first-order valence-electron chi connectivity index (χ1n) is 10.7. The Morgan fingerprint density at radius 3 is 2.66 bits per heavy atom. The van der Waals surface area contributed by atoms with Crippen LogP contribution in [0.5, 0.6) is 0 Å². The van der Waals surface area contributed by atoms with Gasteiger partial charge in [0.2, 0.25) is 5.91 Å². The average molecular weight is 444 g/mol. The number of carbonyl (C=O) groups excluding carboxylic acids is 2. The van der Waals surface area contributed by atoms with Crippen molar-refractivity contribution >= 4 is 39.1 Å². The van der Waals surface area contributed by atoms with Crippen molar-refractivity contribution in [2.75, 3.05) is 4.90 Å². The van der Waals surface area contributed by atoms with Crippen molar-refractivity contribution in [2.24, 2.45) is 0 Å². The molecule has 1 aliphatic rings. The monoisotopic (exact) mass is 443 g/mol. The predicted molar refractivity (Wildman–Crippen MR) is 129 cm³/mol. The lowest BCUT2D eigenvalue weighted by Gasteiger charge is -2.44. The van der Waals surface area contributed by atoms with Crippen LogP contribution in [0.2, 0.25) is 0 Å². The number of rotatable bonds is 4. The molecule has 162 valence electrons. The number of aromatic nitrogens is 1. The van der Waals surface area contributed by atoms with Crippen LogP contribution in [0.1, 0.15) is 34.1 Å². The lowest BCUT2D eigenvalue weighted by atomic mass is 9.92. The van der Waals surface area contributed by atoms with E-state index in [-0.39, 0.29) is 11.8 Å². The number of nitrogens with zero attached hydrogens (tertiary/aromatic N) is 2. The lowest BCUT2D eigenvalue weighted by Crippen LogP contribution is -2.64. The molecule has 2 aromatic carbocycles. The van der Waals surface area contributed by atoms with Gasteiger partial charge in [0.25, 0.3) is 5.91 Å². The number of hydrogen-bond acceptors (Lipinski definition) is 3. The van der Waals surface area contributed by atoms with Crippen molar-refractivity contribution in [3.05, 3.63) is 88.4 Å². The summed E-state index contributed by atoms with van der Waals surface area (Å²) in [4.78, 5) is 30.3. The summed E-state index contributed by atoms with van der Waals surface area (Å²) in [6.45, 7) is 6.71. The minimum Gasteiger partial charge on any atom is -0.350 e. The van der Waals surface area contributed by atoms with Crippen LogP contribution in [0.4, 0.5) is 5.69 Å². The van der Waals surface area contributed by atoms with Gasteiger partial charge in [-0.15, -0.1) is 11.3 Å². The lowest BCUT2D eigenvalue weighted by molar-refractivity contribution is -0.126. The second-order valence-corrected chi connectivity index (χ2v) is 9.49. The topological polar surface area (TPSA) is 54.3 Å². The summed E-state index contributed by atoms with van der Waals surface area (Å²) in [5, 5.41) is 6.14. The maximum absolute atomic E-state index is 13.9. The number of nitrogens with one attached hydrogen (secondary N) is 1. The largest absolute Gasteiger partial charge is 0.350 e. The maximum atomic E-state index is 13.9. The SMILES string of the molecule is Cc1cccc(N2C(=O)c3cc4ccsc4n3C[C@]2(C)C(=O)NCc2ccccc2)c1C. The van der Waals surface area contributed by atoms with Gasteiger partial charge in [-0.25, -0.2) is 0 Å². The highest BCUT2D eigenvalue weighted by Crippen LogP contribution is 2.39. The number of amides is 2. The third-order valence-electron chi connectivity index (χ3n) is 6.49. The molecule has 0 saturated heterocycles. The molecule has 5 rings (SSSR count). The van der Waals surface area contributed by atoms with Crippen molar-refractivity contribution in [3.8, 4) is 0 Å². The normalized spacial score (nSPS) is 18.1. The van der Waals surface area contributed by atoms with Crippen LogP contribution in [0.3, 0.4) is 0 Å². The van der Waals surface area contributed by atoms with Gasteiger partial charge in [0, 0.05) is 17.6 Å². The molecule has 2 aromatic heterocycles. The Hall–Kier alpha value is -3.38. The molecule has 3 heterocycles. The number of fused-ring (bicyclic) bond motifs is 3. The molecular weight excluding hydrogens is 418 g/mol. The number of benzene rings is 2. The Labute approximate surface area is 191 Å². The van der Waals surface area contributed by atoms with E-state index in [1.807, 2.05) is 91.4 Å². The molecule has 0 unspecified atom stereocenters. The van der Waals surface area contributed by atoms with Gasteiger partial charge in [-0.3, -0.25) is 14.5 Å². The van der Waals surface area contributed by atoms with E-state index in [2.05, 4.69) is 5.32 Å². The summed E-state index contributed by atoms with van der Waals surface area (Å²) in [7, 11) is 0. The van der Waals surface area contributed by atoms with E-state index in [4.69, 9.17) is 0 Å². The molecule has 0 radical (unpaired) electrons. The number of aryl methyl sites for hydroxylation is 1.